The molecule has 3 aromatic rings. The van der Waals surface area contributed by atoms with Gasteiger partial charge in [-0.3, -0.25) is 14.7 Å². The molecule has 0 fully saturated rings. The zero-order valence-corrected chi connectivity index (χ0v) is 14.8. The Labute approximate surface area is 159 Å². The number of H-pyrrole nitrogens is 1. The largest absolute Gasteiger partial charge is 0.504 e. The third-order valence-electron chi connectivity index (χ3n) is 4.03. The van der Waals surface area contributed by atoms with Crippen molar-refractivity contribution < 1.29 is 24.6 Å². The van der Waals surface area contributed by atoms with Gasteiger partial charge in [0.05, 0.1) is 0 Å². The second kappa shape index (κ2) is 7.70. The lowest BCUT2D eigenvalue weighted by Crippen LogP contribution is -2.08. The summed E-state index contributed by atoms with van der Waals surface area (Å²) in [6, 6.07) is 7.99. The van der Waals surface area contributed by atoms with E-state index in [1.807, 2.05) is 0 Å². The Morgan fingerprint density at radius 3 is 2.43 bits per heavy atom. The van der Waals surface area contributed by atoms with Gasteiger partial charge in [-0.05, 0) is 18.6 Å². The number of rotatable bonds is 7. The number of aromatic carboxylic acids is 1. The number of Topliss-reactive ketones (excluding diaryl/α,β-unsaturated/α-hetero) is 1. The van der Waals surface area contributed by atoms with Gasteiger partial charge in [-0.25, -0.2) is 9.78 Å². The molecule has 3 rings (SSSR count). The minimum atomic E-state index is -1.19. The van der Waals surface area contributed by atoms with Crippen molar-refractivity contribution in [2.45, 2.75) is 13.5 Å². The van der Waals surface area contributed by atoms with Gasteiger partial charge in [0.1, 0.15) is 12.0 Å². The van der Waals surface area contributed by atoms with E-state index >= 15 is 0 Å². The smallest absolute Gasteiger partial charge is 0.352 e. The van der Waals surface area contributed by atoms with Crippen LogP contribution in [0.25, 0.3) is 5.76 Å². The Morgan fingerprint density at radius 1 is 1.14 bits per heavy atom. The van der Waals surface area contributed by atoms with E-state index in [9.17, 15) is 24.6 Å². The molecule has 0 unspecified atom stereocenters. The maximum Gasteiger partial charge on any atom is 0.352 e. The molecule has 2 heterocycles. The van der Waals surface area contributed by atoms with Gasteiger partial charge in [-0.2, -0.15) is 5.10 Å². The first kappa shape index (κ1) is 18.8. The van der Waals surface area contributed by atoms with E-state index in [2.05, 4.69) is 15.2 Å². The maximum atomic E-state index is 12.4. The van der Waals surface area contributed by atoms with Crippen LogP contribution < -0.4 is 0 Å². The molecule has 0 aliphatic rings. The number of carbonyl (C=O) groups excluding carboxylic acids is 2. The average Bonchev–Trinajstić information content (AvgIpc) is 3.32. The molecule has 2 aromatic heterocycles. The van der Waals surface area contributed by atoms with E-state index in [0.29, 0.717) is 5.56 Å². The summed E-state index contributed by atoms with van der Waals surface area (Å²) >= 11 is 0. The van der Waals surface area contributed by atoms with E-state index in [-0.39, 0.29) is 29.4 Å². The van der Waals surface area contributed by atoms with Crippen molar-refractivity contribution in [3.8, 4) is 0 Å². The molecule has 0 spiro atoms. The predicted molar refractivity (Wildman–Crippen MR) is 98.3 cm³/mol. The summed E-state index contributed by atoms with van der Waals surface area (Å²) in [5.41, 5.74) is 1.34. The van der Waals surface area contributed by atoms with E-state index in [1.165, 1.54) is 30.1 Å². The number of aliphatic hydroxyl groups excluding tert-OH is 1. The lowest BCUT2D eigenvalue weighted by molar-refractivity contribution is 0.0685. The van der Waals surface area contributed by atoms with E-state index in [4.69, 9.17) is 0 Å². The summed E-state index contributed by atoms with van der Waals surface area (Å²) in [6.45, 7) is 1.66. The fourth-order valence-electron chi connectivity index (χ4n) is 2.60. The number of nitrogens with one attached hydrogen (secondary N) is 1. The molecule has 0 aliphatic heterocycles. The van der Waals surface area contributed by atoms with Crippen molar-refractivity contribution in [3.63, 3.8) is 0 Å². The highest BCUT2D eigenvalue weighted by atomic mass is 16.4. The average molecular weight is 380 g/mol. The Morgan fingerprint density at radius 2 is 1.86 bits per heavy atom. The molecule has 0 atom stereocenters. The van der Waals surface area contributed by atoms with Crippen LogP contribution in [0.3, 0.4) is 0 Å². The van der Waals surface area contributed by atoms with Crippen LogP contribution in [-0.2, 0) is 6.54 Å². The Balaban J connectivity index is 1.87. The number of ketones is 2. The first-order valence-electron chi connectivity index (χ1n) is 8.19. The fourth-order valence-corrected chi connectivity index (χ4v) is 2.60. The number of hydrogen-bond donors (Lipinski definition) is 3. The minimum Gasteiger partial charge on any atom is -0.504 e. The Bertz CT molecular complexity index is 1060. The maximum absolute atomic E-state index is 12.4. The summed E-state index contributed by atoms with van der Waals surface area (Å²) in [5.74, 6) is -2.32. The number of benzene rings is 1. The first-order chi connectivity index (χ1) is 13.3. The Hall–Kier alpha value is -4.01. The topological polar surface area (TPSA) is 138 Å². The van der Waals surface area contributed by atoms with Crippen molar-refractivity contribution >= 4 is 23.3 Å². The highest BCUT2D eigenvalue weighted by Gasteiger charge is 2.17. The number of aromatic nitrogens is 4. The van der Waals surface area contributed by atoms with Gasteiger partial charge >= 0.3 is 5.97 Å². The zero-order valence-electron chi connectivity index (χ0n) is 14.8. The van der Waals surface area contributed by atoms with E-state index in [0.717, 1.165) is 11.6 Å². The van der Waals surface area contributed by atoms with Crippen LogP contribution in [0.1, 0.15) is 49.5 Å². The molecule has 142 valence electrons. The summed E-state index contributed by atoms with van der Waals surface area (Å²) < 4.78 is 1.41. The summed E-state index contributed by atoms with van der Waals surface area (Å²) in [7, 11) is 0. The van der Waals surface area contributed by atoms with E-state index in [1.54, 1.807) is 24.3 Å². The molecule has 1 aromatic carbocycles. The van der Waals surface area contributed by atoms with Crippen LogP contribution in [0.4, 0.5) is 0 Å². The minimum absolute atomic E-state index is 0.0446. The van der Waals surface area contributed by atoms with Crippen LogP contribution >= 0.6 is 0 Å². The fraction of sp³-hybridized carbons (Fsp3) is 0.105. The molecule has 0 radical (unpaired) electrons. The third-order valence-corrected chi connectivity index (χ3v) is 4.03. The highest BCUT2D eigenvalue weighted by Crippen LogP contribution is 2.16. The number of carboxylic acid groups (broad SMARTS) is 1. The molecule has 9 nitrogen and oxygen atoms in total. The molecule has 28 heavy (non-hydrogen) atoms. The predicted octanol–water partition coefficient (Wildman–Crippen LogP) is 2.34. The van der Waals surface area contributed by atoms with Crippen molar-refractivity contribution in [2.75, 3.05) is 0 Å². The number of aliphatic hydroxyl groups is 1. The van der Waals surface area contributed by atoms with Gasteiger partial charge in [-0.15, -0.1) is 0 Å². The van der Waals surface area contributed by atoms with Gasteiger partial charge < -0.3 is 14.8 Å². The Kier molecular flexibility index (Phi) is 5.16. The normalized spacial score (nSPS) is 11.4. The number of carbonyl (C=O) groups is 3. The van der Waals surface area contributed by atoms with Crippen molar-refractivity contribution in [1.82, 2.24) is 19.7 Å². The number of allylic oxidation sites excluding steroid dienone is 1. The quantitative estimate of drug-likeness (QED) is 0.325. The number of nitrogens with zero attached hydrogens (tertiary/aromatic N) is 3. The summed E-state index contributed by atoms with van der Waals surface area (Å²) in [6.07, 6.45) is 3.57. The van der Waals surface area contributed by atoms with Crippen LogP contribution in [0, 0.1) is 0 Å². The van der Waals surface area contributed by atoms with Crippen LogP contribution in [0.2, 0.25) is 0 Å². The number of aromatic amines is 1. The van der Waals surface area contributed by atoms with Crippen LogP contribution in [0.15, 0.2) is 48.9 Å². The number of carboxylic acids is 1. The van der Waals surface area contributed by atoms with Crippen LogP contribution in [0.5, 0.6) is 0 Å². The second-order valence-corrected chi connectivity index (χ2v) is 6.02. The zero-order chi connectivity index (χ0) is 20.3. The molecule has 0 bridgehead atoms. The van der Waals surface area contributed by atoms with Crippen molar-refractivity contribution in [2.24, 2.45) is 0 Å². The van der Waals surface area contributed by atoms with Gasteiger partial charge in [0.25, 0.3) is 0 Å². The molecule has 3 N–H and O–H groups in total. The molecule has 0 saturated heterocycles. The van der Waals surface area contributed by atoms with Gasteiger partial charge in [-0.1, -0.05) is 24.3 Å². The molecular formula is C19H16N4O5. The highest BCUT2D eigenvalue weighted by molar-refractivity contribution is 6.08. The second-order valence-electron chi connectivity index (χ2n) is 6.02. The standard InChI is InChI=1S/C19H16N4O5/c1-11(24)13-4-2-12(3-5-13)8-23-9-14(6-15(23)19(27)28)16(25)7-17(26)18-20-10-21-22-18/h2-7,9-10,26H,8H2,1H3,(H,27,28)(H,20,21,22). The van der Waals surface area contributed by atoms with Crippen molar-refractivity contribution in [3.05, 3.63) is 77.1 Å². The third kappa shape index (κ3) is 4.04. The number of hydrogen-bond acceptors (Lipinski definition) is 6. The SMILES string of the molecule is CC(=O)c1ccc(Cn2cc(C(=O)C=C(O)c3nc[nH]n3)cc2C(=O)O)cc1. The lowest BCUT2D eigenvalue weighted by atomic mass is 10.1. The monoisotopic (exact) mass is 380 g/mol. The van der Waals surface area contributed by atoms with Gasteiger partial charge in [0.2, 0.25) is 5.82 Å². The van der Waals surface area contributed by atoms with Crippen LogP contribution in [-0.4, -0.2) is 47.5 Å². The molecular weight excluding hydrogens is 364 g/mol. The van der Waals surface area contributed by atoms with Gasteiger partial charge in [0, 0.05) is 29.9 Å². The first-order valence-corrected chi connectivity index (χ1v) is 8.19. The molecule has 0 amide bonds. The molecule has 9 heteroatoms. The van der Waals surface area contributed by atoms with Crippen molar-refractivity contribution in [1.29, 1.82) is 0 Å². The molecule has 0 aliphatic carbocycles. The molecule has 0 saturated carbocycles. The van der Waals surface area contributed by atoms with E-state index < -0.39 is 17.5 Å². The van der Waals surface area contributed by atoms with Gasteiger partial charge in [0.15, 0.2) is 17.3 Å². The lowest BCUT2D eigenvalue weighted by Gasteiger charge is -2.07. The summed E-state index contributed by atoms with van der Waals surface area (Å²) in [5, 5.41) is 25.4. The summed E-state index contributed by atoms with van der Waals surface area (Å²) in [4.78, 5) is 39.0.